The number of para-hydroxylation sites is 1. The fourth-order valence-electron chi connectivity index (χ4n) is 1.39. The zero-order valence-electron chi connectivity index (χ0n) is 10.1. The Labute approximate surface area is 110 Å². The quantitative estimate of drug-likeness (QED) is 0.821. The highest BCUT2D eigenvalue weighted by Gasteiger charge is 2.07. The molecule has 6 nitrogen and oxygen atoms in total. The summed E-state index contributed by atoms with van der Waals surface area (Å²) in [7, 11) is 0. The fourth-order valence-corrected chi connectivity index (χ4v) is 1.39. The third-order valence-electron chi connectivity index (χ3n) is 2.25. The third-order valence-corrected chi connectivity index (χ3v) is 2.25. The van der Waals surface area contributed by atoms with Crippen LogP contribution in [0, 0.1) is 22.7 Å². The van der Waals surface area contributed by atoms with E-state index < -0.39 is 5.91 Å². The summed E-state index contributed by atoms with van der Waals surface area (Å²) in [5, 5.41) is 21.9. The predicted octanol–water partition coefficient (Wildman–Crippen LogP) is 1.07. The van der Waals surface area contributed by atoms with Crippen molar-refractivity contribution in [3.63, 3.8) is 0 Å². The van der Waals surface area contributed by atoms with Gasteiger partial charge >= 0.3 is 0 Å². The van der Waals surface area contributed by atoms with Gasteiger partial charge in [0.25, 0.3) is 0 Å². The lowest BCUT2D eigenvalue weighted by molar-refractivity contribution is -0.120. The van der Waals surface area contributed by atoms with E-state index in [-0.39, 0.29) is 25.3 Å². The number of nitriles is 2. The molecule has 6 heteroatoms. The van der Waals surface area contributed by atoms with Crippen LogP contribution >= 0.6 is 0 Å². The summed E-state index contributed by atoms with van der Waals surface area (Å²) in [6.07, 6.45) is -0.432. The van der Waals surface area contributed by atoms with Crippen molar-refractivity contribution in [1.82, 2.24) is 5.32 Å². The lowest BCUT2D eigenvalue weighted by Crippen LogP contribution is -2.23. The first-order valence-electron chi connectivity index (χ1n) is 5.55. The monoisotopic (exact) mass is 256 g/mol. The van der Waals surface area contributed by atoms with Crippen molar-refractivity contribution in [3.05, 3.63) is 29.8 Å². The molecule has 0 aliphatic carbocycles. The molecule has 19 heavy (non-hydrogen) atoms. The van der Waals surface area contributed by atoms with Crippen LogP contribution in [0.2, 0.25) is 0 Å². The van der Waals surface area contributed by atoms with Gasteiger partial charge in [-0.2, -0.15) is 10.5 Å². The average molecular weight is 256 g/mol. The molecule has 0 bridgehead atoms. The molecule has 1 aromatic carbocycles. The van der Waals surface area contributed by atoms with E-state index in [0.29, 0.717) is 11.3 Å². The second kappa shape index (κ2) is 7.46. The van der Waals surface area contributed by atoms with E-state index in [9.17, 15) is 9.59 Å². The van der Waals surface area contributed by atoms with Crippen molar-refractivity contribution >= 4 is 17.5 Å². The van der Waals surface area contributed by atoms with E-state index in [1.165, 1.54) is 0 Å². The number of anilines is 1. The minimum Gasteiger partial charge on any atom is -0.351 e. The predicted molar refractivity (Wildman–Crippen MR) is 67.4 cm³/mol. The molecular formula is C13H12N4O2. The summed E-state index contributed by atoms with van der Waals surface area (Å²) in [4.78, 5) is 22.5. The van der Waals surface area contributed by atoms with Crippen molar-refractivity contribution < 1.29 is 9.59 Å². The highest BCUT2D eigenvalue weighted by Crippen LogP contribution is 2.14. The number of hydrogen-bond donors (Lipinski definition) is 2. The Kier molecular flexibility index (Phi) is 5.58. The van der Waals surface area contributed by atoms with Gasteiger partial charge in [0, 0.05) is 12.2 Å². The van der Waals surface area contributed by atoms with Crippen LogP contribution < -0.4 is 10.6 Å². The van der Waals surface area contributed by atoms with Gasteiger partial charge in [-0.05, 0) is 11.6 Å². The molecule has 2 amide bonds. The average Bonchev–Trinajstić information content (AvgIpc) is 2.38. The normalized spacial score (nSPS) is 8.95. The van der Waals surface area contributed by atoms with Crippen LogP contribution in [0.5, 0.6) is 0 Å². The van der Waals surface area contributed by atoms with E-state index in [2.05, 4.69) is 10.6 Å². The highest BCUT2D eigenvalue weighted by molar-refractivity contribution is 5.92. The number of amides is 2. The maximum Gasteiger partial charge on any atom is 0.238 e. The van der Waals surface area contributed by atoms with E-state index in [4.69, 9.17) is 10.5 Å². The topological polar surface area (TPSA) is 106 Å². The molecule has 0 unspecified atom stereocenters. The van der Waals surface area contributed by atoms with Crippen molar-refractivity contribution in [3.8, 4) is 12.1 Å². The Morgan fingerprint density at radius 1 is 1.05 bits per heavy atom. The van der Waals surface area contributed by atoms with Gasteiger partial charge in [0.1, 0.15) is 12.8 Å². The molecule has 0 radical (unpaired) electrons. The van der Waals surface area contributed by atoms with Crippen LogP contribution in [0.4, 0.5) is 5.69 Å². The molecule has 0 spiro atoms. The lowest BCUT2D eigenvalue weighted by Gasteiger charge is -2.10. The van der Waals surface area contributed by atoms with Crippen molar-refractivity contribution in [1.29, 1.82) is 10.5 Å². The zero-order valence-corrected chi connectivity index (χ0v) is 10.1. The molecule has 0 fully saturated rings. The minimum atomic E-state index is -0.404. The molecule has 1 rings (SSSR count). The first-order chi connectivity index (χ1) is 9.17. The molecule has 0 aliphatic heterocycles. The van der Waals surface area contributed by atoms with Crippen LogP contribution in [-0.2, 0) is 16.1 Å². The van der Waals surface area contributed by atoms with Crippen LogP contribution in [0.15, 0.2) is 24.3 Å². The van der Waals surface area contributed by atoms with E-state index in [1.54, 1.807) is 36.4 Å². The van der Waals surface area contributed by atoms with Gasteiger partial charge in [-0.1, -0.05) is 18.2 Å². The number of carbonyl (C=O) groups excluding carboxylic acids is 2. The molecule has 96 valence electrons. The zero-order chi connectivity index (χ0) is 14.1. The smallest absolute Gasteiger partial charge is 0.238 e. The van der Waals surface area contributed by atoms with Gasteiger partial charge in [-0.25, -0.2) is 0 Å². The molecule has 0 aromatic heterocycles. The van der Waals surface area contributed by atoms with Gasteiger partial charge in [-0.15, -0.1) is 0 Å². The summed E-state index contributed by atoms with van der Waals surface area (Å²) < 4.78 is 0. The van der Waals surface area contributed by atoms with Gasteiger partial charge < -0.3 is 10.6 Å². The highest BCUT2D eigenvalue weighted by atomic mass is 16.2. The number of nitrogens with zero attached hydrogens (tertiary/aromatic N) is 2. The molecular weight excluding hydrogens is 244 g/mol. The molecule has 2 N–H and O–H groups in total. The van der Waals surface area contributed by atoms with E-state index >= 15 is 0 Å². The number of hydrogen-bond acceptors (Lipinski definition) is 4. The standard InChI is InChI=1S/C13H12N4O2/c14-7-5-12(18)16-9-10-3-1-2-4-11(10)17-13(19)6-8-15/h1-4H,5-6,9H2,(H,16,18)(H,17,19). The first kappa shape index (κ1) is 14.2. The minimum absolute atomic E-state index is 0.205. The van der Waals surface area contributed by atoms with Crippen molar-refractivity contribution in [2.24, 2.45) is 0 Å². The lowest BCUT2D eigenvalue weighted by atomic mass is 10.1. The maximum absolute atomic E-state index is 11.3. The molecule has 0 saturated heterocycles. The number of carbonyl (C=O) groups is 2. The van der Waals surface area contributed by atoms with Gasteiger partial charge in [0.2, 0.25) is 11.8 Å². The van der Waals surface area contributed by atoms with Crippen LogP contribution in [0.1, 0.15) is 18.4 Å². The number of rotatable bonds is 5. The summed E-state index contributed by atoms with van der Waals surface area (Å²) in [6.45, 7) is 0.212. The van der Waals surface area contributed by atoms with Gasteiger partial charge in [0.15, 0.2) is 0 Å². The first-order valence-corrected chi connectivity index (χ1v) is 5.55. The molecule has 1 aromatic rings. The third kappa shape index (κ3) is 4.88. The molecule has 0 atom stereocenters. The van der Waals surface area contributed by atoms with E-state index in [1.807, 2.05) is 0 Å². The second-order valence-corrected chi connectivity index (χ2v) is 3.65. The maximum atomic E-state index is 11.3. The summed E-state index contributed by atoms with van der Waals surface area (Å²) >= 11 is 0. The molecule has 0 saturated carbocycles. The Morgan fingerprint density at radius 2 is 1.68 bits per heavy atom. The number of nitrogens with one attached hydrogen (secondary N) is 2. The SMILES string of the molecule is N#CCC(=O)NCc1ccccc1NC(=O)CC#N. The van der Waals surface area contributed by atoms with Crippen molar-refractivity contribution in [2.75, 3.05) is 5.32 Å². The van der Waals surface area contributed by atoms with Crippen LogP contribution in [0.25, 0.3) is 0 Å². The second-order valence-electron chi connectivity index (χ2n) is 3.65. The number of benzene rings is 1. The van der Waals surface area contributed by atoms with E-state index in [0.717, 1.165) is 0 Å². The van der Waals surface area contributed by atoms with Crippen LogP contribution in [-0.4, -0.2) is 11.8 Å². The van der Waals surface area contributed by atoms with Gasteiger partial charge in [-0.3, -0.25) is 9.59 Å². The summed E-state index contributed by atoms with van der Waals surface area (Å²) in [5.41, 5.74) is 1.25. The van der Waals surface area contributed by atoms with Gasteiger partial charge in [0.05, 0.1) is 12.1 Å². The Hall–Kier alpha value is -2.86. The Bertz CT molecular complexity index is 554. The summed E-state index contributed by atoms with van der Waals surface area (Å²) in [5.74, 6) is -0.779. The summed E-state index contributed by atoms with van der Waals surface area (Å²) in [6, 6.07) is 10.4. The molecule has 0 heterocycles. The Balaban J connectivity index is 2.68. The van der Waals surface area contributed by atoms with Crippen LogP contribution in [0.3, 0.4) is 0 Å². The molecule has 0 aliphatic rings. The fraction of sp³-hybridized carbons (Fsp3) is 0.231. The largest absolute Gasteiger partial charge is 0.351 e. The Morgan fingerprint density at radius 3 is 2.37 bits per heavy atom. The van der Waals surface area contributed by atoms with Crippen molar-refractivity contribution in [2.45, 2.75) is 19.4 Å².